The average Bonchev–Trinajstić information content (AvgIpc) is 2.06. The Balaban J connectivity index is 2.17. The molecule has 2 aliphatic heterocycles. The van der Waals surface area contributed by atoms with E-state index in [0.717, 1.165) is 6.54 Å². The van der Waals surface area contributed by atoms with Crippen molar-refractivity contribution in [1.82, 2.24) is 16.0 Å². The van der Waals surface area contributed by atoms with Gasteiger partial charge in [-0.15, -0.1) is 0 Å². The molecule has 2 heterocycles. The molecule has 1 fully saturated rings. The van der Waals surface area contributed by atoms with Crippen LogP contribution in [-0.4, -0.2) is 36.7 Å². The highest BCUT2D eigenvalue weighted by molar-refractivity contribution is 6.01. The van der Waals surface area contributed by atoms with Crippen LogP contribution in [0.2, 0.25) is 0 Å². The first-order valence-electron chi connectivity index (χ1n) is 4.30. The lowest BCUT2D eigenvalue weighted by atomic mass is 10.1. The lowest BCUT2D eigenvalue weighted by Crippen LogP contribution is -2.68. The maximum Gasteiger partial charge on any atom is 0.247 e. The van der Waals surface area contributed by atoms with Crippen LogP contribution in [0.25, 0.3) is 0 Å². The largest absolute Gasteiger partial charge is 0.370 e. The summed E-state index contributed by atoms with van der Waals surface area (Å²) >= 11 is 0. The molecule has 0 aromatic rings. The number of guanidine groups is 1. The molecule has 2 aliphatic rings. The topological polar surface area (TPSA) is 91.5 Å². The van der Waals surface area contributed by atoms with Crippen LogP contribution >= 0.6 is 0 Å². The molecule has 3 atom stereocenters. The summed E-state index contributed by atoms with van der Waals surface area (Å²) in [5, 5.41) is 8.78. The van der Waals surface area contributed by atoms with Crippen molar-refractivity contribution in [3.8, 4) is 0 Å². The van der Waals surface area contributed by atoms with Crippen LogP contribution < -0.4 is 21.7 Å². The number of hydrogen-bond donors (Lipinski definition) is 4. The van der Waals surface area contributed by atoms with Crippen molar-refractivity contribution in [1.29, 1.82) is 0 Å². The summed E-state index contributed by atoms with van der Waals surface area (Å²) in [5.74, 6) is 0.0756. The van der Waals surface area contributed by atoms with Gasteiger partial charge in [0.05, 0.1) is 0 Å². The van der Waals surface area contributed by atoms with Crippen molar-refractivity contribution < 1.29 is 4.79 Å². The molecule has 3 unspecified atom stereocenters. The standard InChI is InChI=1S/C7H13N5O/c1-3-2-9-5-4(10-3)6(13)12-7(8)11-5/h3-5,9-10H,2H2,1H3,(H3,8,11,12,13). The Labute approximate surface area is 76.0 Å². The number of piperazine rings is 1. The Morgan fingerprint density at radius 3 is 3.15 bits per heavy atom. The molecule has 72 valence electrons. The number of nitrogens with zero attached hydrogens (tertiary/aromatic N) is 1. The van der Waals surface area contributed by atoms with E-state index < -0.39 is 0 Å². The third kappa shape index (κ3) is 1.50. The van der Waals surface area contributed by atoms with Gasteiger partial charge in [0.1, 0.15) is 12.2 Å². The third-order valence-electron chi connectivity index (χ3n) is 2.22. The molecule has 0 spiro atoms. The highest BCUT2D eigenvalue weighted by Crippen LogP contribution is 2.06. The molecule has 0 radical (unpaired) electrons. The van der Waals surface area contributed by atoms with Crippen LogP contribution in [0, 0.1) is 0 Å². The molecule has 13 heavy (non-hydrogen) atoms. The van der Waals surface area contributed by atoms with Crippen molar-refractivity contribution >= 4 is 11.9 Å². The Morgan fingerprint density at radius 2 is 2.38 bits per heavy atom. The molecule has 0 aliphatic carbocycles. The number of nitrogens with one attached hydrogen (secondary N) is 3. The van der Waals surface area contributed by atoms with Crippen LogP contribution in [0.3, 0.4) is 0 Å². The van der Waals surface area contributed by atoms with Gasteiger partial charge in [-0.1, -0.05) is 0 Å². The van der Waals surface area contributed by atoms with Crippen LogP contribution in [0.4, 0.5) is 0 Å². The highest BCUT2D eigenvalue weighted by Gasteiger charge is 2.36. The van der Waals surface area contributed by atoms with Crippen molar-refractivity contribution in [2.24, 2.45) is 10.7 Å². The number of nitrogens with two attached hydrogens (primary N) is 1. The summed E-state index contributed by atoms with van der Waals surface area (Å²) in [4.78, 5) is 15.5. The SMILES string of the molecule is CC1CNC2N=C(N)NC(=O)C2N1. The maximum atomic E-state index is 11.4. The molecule has 1 saturated heterocycles. The molecule has 0 aromatic heterocycles. The molecule has 0 bridgehead atoms. The second kappa shape index (κ2) is 2.97. The minimum atomic E-state index is -0.295. The van der Waals surface area contributed by atoms with Gasteiger partial charge in [-0.05, 0) is 6.92 Å². The predicted molar refractivity (Wildman–Crippen MR) is 47.9 cm³/mol. The Morgan fingerprint density at radius 1 is 1.62 bits per heavy atom. The van der Waals surface area contributed by atoms with Gasteiger partial charge in [0.25, 0.3) is 0 Å². The third-order valence-corrected chi connectivity index (χ3v) is 2.22. The van der Waals surface area contributed by atoms with Crippen molar-refractivity contribution in [2.45, 2.75) is 25.2 Å². The van der Waals surface area contributed by atoms with E-state index in [4.69, 9.17) is 5.73 Å². The van der Waals surface area contributed by atoms with Gasteiger partial charge in [0.2, 0.25) is 5.91 Å². The smallest absolute Gasteiger partial charge is 0.247 e. The molecule has 0 saturated carbocycles. The summed E-state index contributed by atoms with van der Waals surface area (Å²) in [6.07, 6.45) is -0.218. The van der Waals surface area contributed by atoms with Gasteiger partial charge in [-0.25, -0.2) is 4.99 Å². The molecular formula is C7H13N5O. The zero-order chi connectivity index (χ0) is 9.42. The number of hydrogen-bond acceptors (Lipinski definition) is 5. The number of aliphatic imine (C=N–C) groups is 1. The normalized spacial score (nSPS) is 39.0. The Kier molecular flexibility index (Phi) is 1.93. The van der Waals surface area contributed by atoms with Crippen LogP contribution in [0.5, 0.6) is 0 Å². The van der Waals surface area contributed by atoms with E-state index in [2.05, 4.69) is 20.9 Å². The Bertz CT molecular complexity index is 264. The van der Waals surface area contributed by atoms with E-state index in [0.29, 0.717) is 0 Å². The fourth-order valence-corrected chi connectivity index (χ4v) is 1.60. The van der Waals surface area contributed by atoms with Gasteiger partial charge < -0.3 is 5.73 Å². The van der Waals surface area contributed by atoms with Gasteiger partial charge in [0, 0.05) is 12.6 Å². The first-order chi connectivity index (χ1) is 6.16. The van der Waals surface area contributed by atoms with Gasteiger partial charge >= 0.3 is 0 Å². The number of rotatable bonds is 0. The minimum Gasteiger partial charge on any atom is -0.370 e. The van der Waals surface area contributed by atoms with E-state index in [9.17, 15) is 4.79 Å². The lowest BCUT2D eigenvalue weighted by molar-refractivity contribution is -0.123. The molecule has 1 amide bonds. The number of carbonyl (C=O) groups is 1. The summed E-state index contributed by atoms with van der Waals surface area (Å²) in [5.41, 5.74) is 5.42. The summed E-state index contributed by atoms with van der Waals surface area (Å²) < 4.78 is 0. The van der Waals surface area contributed by atoms with Crippen molar-refractivity contribution in [2.75, 3.05) is 6.54 Å². The highest BCUT2D eigenvalue weighted by atomic mass is 16.2. The fraction of sp³-hybridized carbons (Fsp3) is 0.714. The number of amides is 1. The number of fused-ring (bicyclic) bond motifs is 1. The van der Waals surface area contributed by atoms with Crippen molar-refractivity contribution in [3.05, 3.63) is 0 Å². The van der Waals surface area contributed by atoms with Crippen molar-refractivity contribution in [3.63, 3.8) is 0 Å². The van der Waals surface area contributed by atoms with E-state index in [1.54, 1.807) is 0 Å². The summed E-state index contributed by atoms with van der Waals surface area (Å²) in [6, 6.07) is -0.0161. The first kappa shape index (κ1) is 8.46. The molecule has 2 rings (SSSR count). The number of carbonyl (C=O) groups excluding carboxylic acids is 1. The predicted octanol–water partition coefficient (Wildman–Crippen LogP) is -2.29. The van der Waals surface area contributed by atoms with E-state index >= 15 is 0 Å². The molecular weight excluding hydrogens is 170 g/mol. The van der Waals surface area contributed by atoms with Gasteiger partial charge in [-0.3, -0.25) is 20.7 Å². The molecule has 6 nitrogen and oxygen atoms in total. The first-order valence-corrected chi connectivity index (χ1v) is 4.30. The van der Waals surface area contributed by atoms with E-state index in [-0.39, 0.29) is 30.1 Å². The van der Waals surface area contributed by atoms with Crippen LogP contribution in [-0.2, 0) is 4.79 Å². The molecule has 0 aromatic carbocycles. The quantitative estimate of drug-likeness (QED) is 0.340. The van der Waals surface area contributed by atoms with Crippen LogP contribution in [0.1, 0.15) is 6.92 Å². The fourth-order valence-electron chi connectivity index (χ4n) is 1.60. The Hall–Kier alpha value is -1.14. The van der Waals surface area contributed by atoms with Crippen LogP contribution in [0.15, 0.2) is 4.99 Å². The van der Waals surface area contributed by atoms with E-state index in [1.165, 1.54) is 0 Å². The minimum absolute atomic E-state index is 0.114. The summed E-state index contributed by atoms with van der Waals surface area (Å²) in [7, 11) is 0. The second-order valence-electron chi connectivity index (χ2n) is 3.40. The summed E-state index contributed by atoms with van der Waals surface area (Å²) in [6.45, 7) is 2.81. The molecule has 5 N–H and O–H groups in total. The zero-order valence-electron chi connectivity index (χ0n) is 7.37. The zero-order valence-corrected chi connectivity index (χ0v) is 7.37. The average molecular weight is 183 g/mol. The molecule has 6 heteroatoms. The maximum absolute atomic E-state index is 11.4. The van der Waals surface area contributed by atoms with Gasteiger partial charge in [-0.2, -0.15) is 0 Å². The monoisotopic (exact) mass is 183 g/mol. The van der Waals surface area contributed by atoms with E-state index in [1.807, 2.05) is 6.92 Å². The van der Waals surface area contributed by atoms with Gasteiger partial charge in [0.15, 0.2) is 5.96 Å². The second-order valence-corrected chi connectivity index (χ2v) is 3.40. The lowest BCUT2D eigenvalue weighted by Gasteiger charge is -2.36.